The number of amides is 1. The molecule has 0 bridgehead atoms. The van der Waals surface area contributed by atoms with E-state index in [-0.39, 0.29) is 29.4 Å². The van der Waals surface area contributed by atoms with Gasteiger partial charge in [-0.1, -0.05) is 13.8 Å². The Morgan fingerprint density at radius 2 is 1.94 bits per heavy atom. The maximum atomic E-state index is 12.8. The van der Waals surface area contributed by atoms with Crippen LogP contribution in [0.15, 0.2) is 35.1 Å². The second kappa shape index (κ2) is 9.65. The molecule has 1 aromatic heterocycles. The highest BCUT2D eigenvalue weighted by atomic mass is 16.5. The van der Waals surface area contributed by atoms with Crippen LogP contribution in [0.3, 0.4) is 0 Å². The third-order valence-corrected chi connectivity index (χ3v) is 6.77. The predicted octanol–water partition coefficient (Wildman–Crippen LogP) is 3.71. The minimum atomic E-state index is -0.846. The largest absolute Gasteiger partial charge is 0.508 e. The van der Waals surface area contributed by atoms with Gasteiger partial charge in [0.25, 0.3) is 5.91 Å². The van der Waals surface area contributed by atoms with Crippen LogP contribution in [-0.4, -0.2) is 39.0 Å². The second-order valence-electron chi connectivity index (χ2n) is 9.92. The fourth-order valence-electron chi connectivity index (χ4n) is 4.71. The third-order valence-electron chi connectivity index (χ3n) is 6.77. The average Bonchev–Trinajstić information content (AvgIpc) is 3.06. The van der Waals surface area contributed by atoms with Crippen LogP contribution in [0.4, 0.5) is 5.69 Å². The number of imidazole rings is 1. The summed E-state index contributed by atoms with van der Waals surface area (Å²) in [5, 5.41) is 23.6. The van der Waals surface area contributed by atoms with Gasteiger partial charge in [0.05, 0.1) is 29.9 Å². The smallest absolute Gasteiger partial charge is 0.328 e. The number of anilines is 1. The van der Waals surface area contributed by atoms with E-state index in [4.69, 9.17) is 9.47 Å². The van der Waals surface area contributed by atoms with Crippen molar-refractivity contribution < 1.29 is 24.5 Å². The number of aromatic nitrogens is 2. The molecule has 0 saturated carbocycles. The first-order valence-electron chi connectivity index (χ1n) is 11.8. The van der Waals surface area contributed by atoms with Gasteiger partial charge in [-0.25, -0.2) is 4.79 Å². The first-order chi connectivity index (χ1) is 16.6. The van der Waals surface area contributed by atoms with Crippen molar-refractivity contribution in [3.63, 3.8) is 0 Å². The number of fused-ring (bicyclic) bond motifs is 2. The molecule has 1 amide bonds. The van der Waals surface area contributed by atoms with Crippen molar-refractivity contribution in [3.8, 4) is 17.2 Å². The first-order valence-corrected chi connectivity index (χ1v) is 11.8. The summed E-state index contributed by atoms with van der Waals surface area (Å²) in [6.07, 6.45) is 2.02. The Bertz CT molecular complexity index is 1310. The number of aromatic hydroxyl groups is 1. The predicted molar refractivity (Wildman–Crippen MR) is 133 cm³/mol. The van der Waals surface area contributed by atoms with Crippen molar-refractivity contribution in [2.24, 2.45) is 12.5 Å². The van der Waals surface area contributed by atoms with Gasteiger partial charge in [0.15, 0.2) is 6.61 Å². The molecule has 0 saturated heterocycles. The minimum Gasteiger partial charge on any atom is -0.508 e. The number of aryl methyl sites for hydroxylation is 2. The standard InChI is InChI=1S/C26H33N3O6/c1-26(2,9-5-11-29-20-7-6-17(34-4)14-21(20)28(3)25(29)33)10-8-22(31)18-12-16(30)13-19-24(18)35-15-23(32)27-19/h6-7,12-14,22,30-31H,5,8-11,15H2,1-4H3,(H,27,32). The van der Waals surface area contributed by atoms with Gasteiger partial charge in [-0.2, -0.15) is 0 Å². The van der Waals surface area contributed by atoms with Gasteiger partial charge < -0.3 is 25.0 Å². The molecule has 0 radical (unpaired) electrons. The highest BCUT2D eigenvalue weighted by Gasteiger charge is 2.26. The highest BCUT2D eigenvalue weighted by Crippen LogP contribution is 2.41. The molecule has 0 fully saturated rings. The molecule has 3 aromatic rings. The molecule has 1 aliphatic heterocycles. The second-order valence-corrected chi connectivity index (χ2v) is 9.92. The fraction of sp³-hybridized carbons (Fsp3) is 0.462. The van der Waals surface area contributed by atoms with Crippen LogP contribution in [0.2, 0.25) is 0 Å². The molecule has 1 unspecified atom stereocenters. The van der Waals surface area contributed by atoms with Crippen LogP contribution in [0.5, 0.6) is 17.2 Å². The lowest BCUT2D eigenvalue weighted by atomic mass is 9.81. The monoisotopic (exact) mass is 483 g/mol. The highest BCUT2D eigenvalue weighted by molar-refractivity contribution is 5.96. The van der Waals surface area contributed by atoms with Crippen molar-refractivity contribution in [3.05, 3.63) is 46.4 Å². The number of aliphatic hydroxyl groups excluding tert-OH is 1. The van der Waals surface area contributed by atoms with E-state index in [1.165, 1.54) is 12.1 Å². The normalized spacial score (nSPS) is 14.4. The summed E-state index contributed by atoms with van der Waals surface area (Å²) >= 11 is 0. The van der Waals surface area contributed by atoms with Crippen LogP contribution in [0, 0.1) is 5.41 Å². The Balaban J connectivity index is 1.39. The van der Waals surface area contributed by atoms with E-state index in [1.54, 1.807) is 23.3 Å². The van der Waals surface area contributed by atoms with E-state index in [1.807, 2.05) is 18.2 Å². The Kier molecular flexibility index (Phi) is 6.80. The zero-order valence-electron chi connectivity index (χ0n) is 20.6. The van der Waals surface area contributed by atoms with E-state index in [2.05, 4.69) is 19.2 Å². The Morgan fingerprint density at radius 1 is 1.17 bits per heavy atom. The summed E-state index contributed by atoms with van der Waals surface area (Å²) < 4.78 is 14.2. The molecule has 2 heterocycles. The van der Waals surface area contributed by atoms with Gasteiger partial charge >= 0.3 is 5.69 Å². The summed E-state index contributed by atoms with van der Waals surface area (Å²) in [7, 11) is 3.37. The third kappa shape index (κ3) is 5.14. The summed E-state index contributed by atoms with van der Waals surface area (Å²) in [6.45, 7) is 4.77. The number of carbonyl (C=O) groups is 1. The van der Waals surface area contributed by atoms with Gasteiger partial charge in [-0.15, -0.1) is 0 Å². The Labute approximate surface area is 203 Å². The van der Waals surface area contributed by atoms with Gasteiger partial charge in [-0.05, 0) is 49.3 Å². The Morgan fingerprint density at radius 3 is 2.69 bits per heavy atom. The number of hydrogen-bond donors (Lipinski definition) is 3. The van der Waals surface area contributed by atoms with Crippen LogP contribution in [0.1, 0.15) is 51.2 Å². The molecule has 9 heteroatoms. The number of ether oxygens (including phenoxy) is 2. The zero-order chi connectivity index (χ0) is 25.3. The van der Waals surface area contributed by atoms with E-state index in [0.717, 1.165) is 30.3 Å². The van der Waals surface area contributed by atoms with Crippen LogP contribution < -0.4 is 20.5 Å². The van der Waals surface area contributed by atoms with Crippen LogP contribution >= 0.6 is 0 Å². The first kappa shape index (κ1) is 24.7. The van der Waals surface area contributed by atoms with Gasteiger partial charge in [0, 0.05) is 31.3 Å². The molecule has 4 rings (SSSR count). The number of hydrogen-bond acceptors (Lipinski definition) is 6. The zero-order valence-corrected chi connectivity index (χ0v) is 20.6. The lowest BCUT2D eigenvalue weighted by Gasteiger charge is -2.27. The maximum absolute atomic E-state index is 12.8. The van der Waals surface area contributed by atoms with Gasteiger partial charge in [0.1, 0.15) is 17.2 Å². The molecule has 35 heavy (non-hydrogen) atoms. The number of phenols is 1. The molecule has 188 valence electrons. The minimum absolute atomic E-state index is 0.0407. The van der Waals surface area contributed by atoms with E-state index < -0.39 is 6.10 Å². The van der Waals surface area contributed by atoms with E-state index in [9.17, 15) is 19.8 Å². The number of carbonyl (C=O) groups excluding carboxylic acids is 1. The van der Waals surface area contributed by atoms with Crippen molar-refractivity contribution >= 4 is 22.6 Å². The summed E-state index contributed by atoms with van der Waals surface area (Å²) in [5.41, 5.74) is 2.42. The number of rotatable bonds is 9. The quantitative estimate of drug-likeness (QED) is 0.428. The molecular formula is C26H33N3O6. The Hall–Kier alpha value is -3.46. The number of benzene rings is 2. The van der Waals surface area contributed by atoms with Crippen LogP contribution in [0.25, 0.3) is 11.0 Å². The molecule has 0 spiro atoms. The van der Waals surface area contributed by atoms with Gasteiger partial charge in [-0.3, -0.25) is 13.9 Å². The molecule has 0 aliphatic carbocycles. The summed E-state index contributed by atoms with van der Waals surface area (Å²) in [5.74, 6) is 0.778. The molecule has 3 N–H and O–H groups in total. The number of methoxy groups -OCH3 is 1. The number of aliphatic hydroxyl groups is 1. The van der Waals surface area contributed by atoms with Crippen molar-refractivity contribution in [2.75, 3.05) is 19.0 Å². The SMILES string of the molecule is COc1ccc2c(c1)n(C)c(=O)n2CCCC(C)(C)CCC(O)c1cc(O)cc2c1OCC(=O)N2. The number of nitrogens with one attached hydrogen (secondary N) is 1. The van der Waals surface area contributed by atoms with Crippen molar-refractivity contribution in [1.29, 1.82) is 0 Å². The molecule has 1 atom stereocenters. The fourth-order valence-corrected chi connectivity index (χ4v) is 4.71. The van der Waals surface area contributed by atoms with Crippen molar-refractivity contribution in [1.82, 2.24) is 9.13 Å². The molecule has 9 nitrogen and oxygen atoms in total. The molecule has 1 aliphatic rings. The average molecular weight is 484 g/mol. The van der Waals surface area contributed by atoms with Crippen LogP contribution in [-0.2, 0) is 18.4 Å². The molecular weight excluding hydrogens is 450 g/mol. The lowest BCUT2D eigenvalue weighted by Crippen LogP contribution is -2.26. The number of phenolic OH excluding ortho intramolecular Hbond substituents is 1. The van der Waals surface area contributed by atoms with Crippen molar-refractivity contribution in [2.45, 2.75) is 52.2 Å². The molecule has 2 aromatic carbocycles. The number of nitrogens with zero attached hydrogens (tertiary/aromatic N) is 2. The lowest BCUT2D eigenvalue weighted by molar-refractivity contribution is -0.118. The van der Waals surface area contributed by atoms with E-state index >= 15 is 0 Å². The van der Waals surface area contributed by atoms with Gasteiger partial charge in [0.2, 0.25) is 0 Å². The maximum Gasteiger partial charge on any atom is 0.328 e. The van der Waals surface area contributed by atoms with E-state index in [0.29, 0.717) is 35.7 Å². The summed E-state index contributed by atoms with van der Waals surface area (Å²) in [6, 6.07) is 8.54. The summed E-state index contributed by atoms with van der Waals surface area (Å²) in [4.78, 5) is 24.4. The topological polar surface area (TPSA) is 115 Å².